The molecule has 6 heteroatoms. The first-order valence-corrected chi connectivity index (χ1v) is 7.49. The fourth-order valence-corrected chi connectivity index (χ4v) is 2.79. The Morgan fingerprint density at radius 1 is 1.27 bits per heavy atom. The van der Waals surface area contributed by atoms with Crippen LogP contribution in [0.4, 0.5) is 11.4 Å². The maximum Gasteiger partial charge on any atom is 0.102 e. The number of benzene rings is 1. The van der Waals surface area contributed by atoms with E-state index in [1.807, 2.05) is 23.0 Å². The average Bonchev–Trinajstić information content (AvgIpc) is 2.89. The van der Waals surface area contributed by atoms with Crippen molar-refractivity contribution in [3.8, 4) is 0 Å². The summed E-state index contributed by atoms with van der Waals surface area (Å²) in [7, 11) is 0. The van der Waals surface area contributed by atoms with Gasteiger partial charge in [-0.1, -0.05) is 11.3 Å². The number of nitrogens with zero attached hydrogens (tertiary/aromatic N) is 4. The van der Waals surface area contributed by atoms with Crippen LogP contribution in [0.2, 0.25) is 0 Å². The third-order valence-corrected chi connectivity index (χ3v) is 3.96. The molecule has 0 aliphatic carbocycles. The van der Waals surface area contributed by atoms with E-state index >= 15 is 0 Å². The van der Waals surface area contributed by atoms with Crippen LogP contribution < -0.4 is 10.6 Å². The van der Waals surface area contributed by atoms with E-state index in [-0.39, 0.29) is 17.9 Å². The Hall–Kier alpha value is -1.75. The van der Waals surface area contributed by atoms with Crippen LogP contribution in [0.5, 0.6) is 0 Å². The Balaban J connectivity index is 0.00000176. The van der Waals surface area contributed by atoms with Crippen molar-refractivity contribution in [2.75, 3.05) is 17.2 Å². The highest BCUT2D eigenvalue weighted by molar-refractivity contribution is 5.85. The summed E-state index contributed by atoms with van der Waals surface area (Å²) in [6.45, 7) is 8.21. The van der Waals surface area contributed by atoms with Gasteiger partial charge in [0.15, 0.2) is 0 Å². The quantitative estimate of drug-likeness (QED) is 0.864. The molecule has 0 unspecified atom stereocenters. The molecule has 2 N–H and O–H groups in total. The second kappa shape index (κ2) is 6.16. The summed E-state index contributed by atoms with van der Waals surface area (Å²) < 4.78 is 1.92. The lowest BCUT2D eigenvalue weighted by molar-refractivity contribution is 0.347. The average molecular weight is 322 g/mol. The maximum absolute atomic E-state index is 6.10. The normalized spacial score (nSPS) is 14.4. The number of fused-ring (bicyclic) bond motifs is 1. The second-order valence-corrected chi connectivity index (χ2v) is 6.70. The van der Waals surface area contributed by atoms with Crippen molar-refractivity contribution in [2.24, 2.45) is 0 Å². The van der Waals surface area contributed by atoms with Gasteiger partial charge in [0.1, 0.15) is 5.69 Å². The van der Waals surface area contributed by atoms with Crippen molar-refractivity contribution < 1.29 is 0 Å². The van der Waals surface area contributed by atoms with E-state index in [1.165, 1.54) is 11.3 Å². The van der Waals surface area contributed by atoms with Gasteiger partial charge in [-0.25, -0.2) is 4.68 Å². The van der Waals surface area contributed by atoms with Crippen LogP contribution in [0.3, 0.4) is 0 Å². The molecular formula is C16H24ClN5. The Morgan fingerprint density at radius 3 is 2.73 bits per heavy atom. The largest absolute Gasteiger partial charge is 0.398 e. The zero-order chi connectivity index (χ0) is 15.0. The van der Waals surface area contributed by atoms with Crippen molar-refractivity contribution in [2.45, 2.75) is 45.7 Å². The van der Waals surface area contributed by atoms with Crippen LogP contribution in [0, 0.1) is 0 Å². The van der Waals surface area contributed by atoms with E-state index in [4.69, 9.17) is 5.73 Å². The lowest BCUT2D eigenvalue weighted by Crippen LogP contribution is -2.29. The summed E-state index contributed by atoms with van der Waals surface area (Å²) in [5.74, 6) is 0. The molecule has 0 saturated heterocycles. The molecule has 0 radical (unpaired) electrons. The molecule has 2 aromatic rings. The molecule has 1 aliphatic heterocycles. The highest BCUT2D eigenvalue weighted by atomic mass is 35.5. The summed E-state index contributed by atoms with van der Waals surface area (Å²) in [6, 6.07) is 6.16. The number of halogens is 1. The van der Waals surface area contributed by atoms with E-state index in [2.05, 4.69) is 42.0 Å². The van der Waals surface area contributed by atoms with Gasteiger partial charge < -0.3 is 10.6 Å². The third kappa shape index (κ3) is 3.19. The minimum Gasteiger partial charge on any atom is -0.398 e. The van der Waals surface area contributed by atoms with Gasteiger partial charge >= 0.3 is 0 Å². The summed E-state index contributed by atoms with van der Waals surface area (Å²) in [4.78, 5) is 2.35. The van der Waals surface area contributed by atoms with Crippen molar-refractivity contribution >= 4 is 23.8 Å². The molecule has 0 spiro atoms. The molecule has 0 fully saturated rings. The van der Waals surface area contributed by atoms with Gasteiger partial charge in [-0.05, 0) is 51.3 Å². The Labute approximate surface area is 137 Å². The molecule has 1 aromatic carbocycles. The molecular weight excluding hydrogens is 298 g/mol. The minimum atomic E-state index is -0.0323. The summed E-state index contributed by atoms with van der Waals surface area (Å²) in [6.07, 6.45) is 4.24. The summed E-state index contributed by atoms with van der Waals surface area (Å²) in [5, 5.41) is 8.55. The highest BCUT2D eigenvalue weighted by Crippen LogP contribution is 2.32. The Morgan fingerprint density at radius 2 is 2.05 bits per heavy atom. The zero-order valence-electron chi connectivity index (χ0n) is 13.4. The zero-order valence-corrected chi connectivity index (χ0v) is 14.2. The Kier molecular flexibility index (Phi) is 4.66. The van der Waals surface area contributed by atoms with Crippen LogP contribution in [-0.2, 0) is 18.5 Å². The van der Waals surface area contributed by atoms with E-state index in [0.29, 0.717) is 0 Å². The number of nitrogens with two attached hydrogens (primary N) is 1. The van der Waals surface area contributed by atoms with Crippen LogP contribution in [0.25, 0.3) is 0 Å². The van der Waals surface area contributed by atoms with Crippen molar-refractivity contribution in [3.05, 3.63) is 35.7 Å². The standard InChI is InChI=1S/C16H23N5.ClH/c1-16(2,3)21-11-12(18-19-21)10-20-9-5-6-13-14(17)7-4-8-15(13)20;/h4,7-8,11H,5-6,9-10,17H2,1-3H3;1H. The smallest absolute Gasteiger partial charge is 0.102 e. The van der Waals surface area contributed by atoms with Crippen LogP contribution in [0.15, 0.2) is 24.4 Å². The van der Waals surface area contributed by atoms with E-state index < -0.39 is 0 Å². The van der Waals surface area contributed by atoms with Crippen LogP contribution in [0.1, 0.15) is 38.4 Å². The molecule has 1 aromatic heterocycles. The van der Waals surface area contributed by atoms with Gasteiger partial charge in [0.2, 0.25) is 0 Å². The van der Waals surface area contributed by atoms with Gasteiger partial charge in [0.05, 0.1) is 18.3 Å². The molecule has 3 rings (SSSR count). The fourth-order valence-electron chi connectivity index (χ4n) is 2.79. The van der Waals surface area contributed by atoms with E-state index in [0.717, 1.165) is 37.3 Å². The van der Waals surface area contributed by atoms with Gasteiger partial charge in [-0.2, -0.15) is 0 Å². The van der Waals surface area contributed by atoms with Crippen molar-refractivity contribution in [1.82, 2.24) is 15.0 Å². The van der Waals surface area contributed by atoms with Gasteiger partial charge in [-0.15, -0.1) is 17.5 Å². The molecule has 0 atom stereocenters. The first kappa shape index (κ1) is 16.6. The lowest BCUT2D eigenvalue weighted by atomic mass is 10.00. The van der Waals surface area contributed by atoms with E-state index in [1.54, 1.807) is 0 Å². The number of hydrogen-bond donors (Lipinski definition) is 1. The number of rotatable bonds is 2. The predicted molar refractivity (Wildman–Crippen MR) is 92.5 cm³/mol. The molecule has 0 saturated carbocycles. The van der Waals surface area contributed by atoms with Crippen LogP contribution >= 0.6 is 12.4 Å². The number of aromatic nitrogens is 3. The molecule has 0 amide bonds. The molecule has 0 bridgehead atoms. The summed E-state index contributed by atoms with van der Waals surface area (Å²) in [5.41, 5.74) is 10.5. The molecule has 22 heavy (non-hydrogen) atoms. The van der Waals surface area contributed by atoms with Gasteiger partial charge in [0.25, 0.3) is 0 Å². The topological polar surface area (TPSA) is 60.0 Å². The SMILES string of the molecule is CC(C)(C)n1cc(CN2CCCc3c(N)cccc32)nn1.Cl. The first-order valence-electron chi connectivity index (χ1n) is 7.49. The Bertz CT molecular complexity index is 644. The van der Waals surface area contributed by atoms with Gasteiger partial charge in [0, 0.05) is 17.9 Å². The minimum absolute atomic E-state index is 0. The number of nitrogen functional groups attached to an aromatic ring is 1. The summed E-state index contributed by atoms with van der Waals surface area (Å²) >= 11 is 0. The molecule has 2 heterocycles. The number of anilines is 2. The second-order valence-electron chi connectivity index (χ2n) is 6.70. The predicted octanol–water partition coefficient (Wildman–Crippen LogP) is 2.99. The highest BCUT2D eigenvalue weighted by Gasteiger charge is 2.21. The van der Waals surface area contributed by atoms with Crippen LogP contribution in [-0.4, -0.2) is 21.5 Å². The van der Waals surface area contributed by atoms with E-state index in [9.17, 15) is 0 Å². The molecule has 1 aliphatic rings. The van der Waals surface area contributed by atoms with Gasteiger partial charge in [-0.3, -0.25) is 0 Å². The maximum atomic E-state index is 6.10. The number of hydrogen-bond acceptors (Lipinski definition) is 4. The van der Waals surface area contributed by atoms with Crippen molar-refractivity contribution in [1.29, 1.82) is 0 Å². The monoisotopic (exact) mass is 321 g/mol. The fraction of sp³-hybridized carbons (Fsp3) is 0.500. The first-order chi connectivity index (χ1) is 9.95. The lowest BCUT2D eigenvalue weighted by Gasteiger charge is -2.31. The molecule has 5 nitrogen and oxygen atoms in total. The van der Waals surface area contributed by atoms with Crippen molar-refractivity contribution in [3.63, 3.8) is 0 Å². The molecule has 120 valence electrons. The third-order valence-electron chi connectivity index (χ3n) is 3.96.